The van der Waals surface area contributed by atoms with Gasteiger partial charge in [0.15, 0.2) is 0 Å². The minimum absolute atomic E-state index is 0.0159. The van der Waals surface area contributed by atoms with Gasteiger partial charge in [0, 0.05) is 43.0 Å². The molecule has 40 heavy (non-hydrogen) atoms. The highest BCUT2D eigenvalue weighted by atomic mass is 16.6. The number of hydrogen-bond acceptors (Lipinski definition) is 5. The Morgan fingerprint density at radius 2 is 1.70 bits per heavy atom. The number of hydrogen-bond donors (Lipinski definition) is 2. The number of aromatic carboxylic acids is 1. The van der Waals surface area contributed by atoms with Crippen molar-refractivity contribution in [2.24, 2.45) is 0 Å². The molecular weight excluding hydrogens is 506 g/mol. The molecule has 4 aromatic carbocycles. The number of fused-ring (bicyclic) bond motifs is 1. The topological polar surface area (TPSA) is 113 Å². The minimum Gasteiger partial charge on any atom is -0.478 e. The lowest BCUT2D eigenvalue weighted by atomic mass is 9.98. The highest BCUT2D eigenvalue weighted by Gasteiger charge is 2.19. The van der Waals surface area contributed by atoms with Crippen LogP contribution in [0.1, 0.15) is 50.2 Å². The number of aryl methyl sites for hydroxylation is 1. The number of amides is 1. The second-order valence-electron chi connectivity index (χ2n) is 9.88. The van der Waals surface area contributed by atoms with Crippen molar-refractivity contribution in [1.29, 1.82) is 0 Å². The predicted molar refractivity (Wildman–Crippen MR) is 154 cm³/mol. The molecule has 0 radical (unpaired) electrons. The van der Waals surface area contributed by atoms with Crippen molar-refractivity contribution in [2.45, 2.75) is 32.4 Å². The Morgan fingerprint density at radius 3 is 2.48 bits per heavy atom. The predicted octanol–water partition coefficient (Wildman–Crippen LogP) is 6.23. The molecule has 1 heterocycles. The van der Waals surface area contributed by atoms with Gasteiger partial charge in [0.1, 0.15) is 0 Å². The molecule has 0 atom stereocenters. The van der Waals surface area contributed by atoms with Crippen molar-refractivity contribution < 1.29 is 19.6 Å². The molecule has 8 heteroatoms. The minimum atomic E-state index is -0.949. The van der Waals surface area contributed by atoms with Gasteiger partial charge in [-0.1, -0.05) is 48.5 Å². The number of nitro groups is 1. The monoisotopic (exact) mass is 535 g/mol. The van der Waals surface area contributed by atoms with Gasteiger partial charge in [-0.05, 0) is 77.4 Å². The normalized spacial score (nSPS) is 12.8. The lowest BCUT2D eigenvalue weighted by molar-refractivity contribution is -0.384. The van der Waals surface area contributed by atoms with E-state index in [-0.39, 0.29) is 23.7 Å². The number of nitrogens with zero attached hydrogens (tertiary/aromatic N) is 2. The van der Waals surface area contributed by atoms with E-state index < -0.39 is 10.9 Å². The summed E-state index contributed by atoms with van der Waals surface area (Å²) in [6, 6.07) is 27.0. The van der Waals surface area contributed by atoms with E-state index in [4.69, 9.17) is 0 Å². The largest absolute Gasteiger partial charge is 0.478 e. The zero-order valence-corrected chi connectivity index (χ0v) is 21.9. The molecule has 0 aromatic heterocycles. The van der Waals surface area contributed by atoms with E-state index in [0.717, 1.165) is 53.7 Å². The molecule has 202 valence electrons. The molecule has 0 saturated heterocycles. The Kier molecular flexibility index (Phi) is 7.87. The van der Waals surface area contributed by atoms with Crippen molar-refractivity contribution >= 4 is 23.3 Å². The van der Waals surface area contributed by atoms with E-state index in [9.17, 15) is 24.8 Å². The quantitative estimate of drug-likeness (QED) is 0.204. The summed E-state index contributed by atoms with van der Waals surface area (Å²) in [5.41, 5.74) is 6.51. The van der Waals surface area contributed by atoms with Crippen LogP contribution < -0.4 is 10.2 Å². The second kappa shape index (κ2) is 11.8. The molecular formula is C32H29N3O5. The van der Waals surface area contributed by atoms with E-state index in [1.54, 1.807) is 24.3 Å². The third-order valence-corrected chi connectivity index (χ3v) is 7.18. The van der Waals surface area contributed by atoms with Crippen LogP contribution in [0.15, 0.2) is 91.0 Å². The first-order valence-corrected chi connectivity index (χ1v) is 13.2. The van der Waals surface area contributed by atoms with Crippen LogP contribution in [-0.4, -0.2) is 28.5 Å². The number of carbonyl (C=O) groups is 2. The number of nitro benzene ring substituents is 1. The van der Waals surface area contributed by atoms with Crippen molar-refractivity contribution in [3.63, 3.8) is 0 Å². The summed E-state index contributed by atoms with van der Waals surface area (Å²) in [7, 11) is 0. The first kappa shape index (κ1) is 26.6. The zero-order valence-electron chi connectivity index (χ0n) is 21.9. The summed E-state index contributed by atoms with van der Waals surface area (Å²) >= 11 is 0. The summed E-state index contributed by atoms with van der Waals surface area (Å²) in [4.78, 5) is 37.4. The zero-order chi connectivity index (χ0) is 28.1. The molecule has 8 nitrogen and oxygen atoms in total. The third-order valence-electron chi connectivity index (χ3n) is 7.18. The summed E-state index contributed by atoms with van der Waals surface area (Å²) in [6.07, 6.45) is 2.92. The van der Waals surface area contributed by atoms with Gasteiger partial charge in [0.2, 0.25) is 0 Å². The van der Waals surface area contributed by atoms with Gasteiger partial charge in [-0.3, -0.25) is 14.9 Å². The van der Waals surface area contributed by atoms with Crippen LogP contribution in [0, 0.1) is 10.1 Å². The Bertz CT molecular complexity index is 1570. The summed E-state index contributed by atoms with van der Waals surface area (Å²) in [5.74, 6) is -1.14. The summed E-state index contributed by atoms with van der Waals surface area (Å²) < 4.78 is 0. The van der Waals surface area contributed by atoms with Gasteiger partial charge >= 0.3 is 5.97 Å². The molecule has 0 fully saturated rings. The van der Waals surface area contributed by atoms with E-state index in [0.29, 0.717) is 17.7 Å². The van der Waals surface area contributed by atoms with Crippen LogP contribution in [0.4, 0.5) is 11.4 Å². The number of carboxylic acid groups (broad SMARTS) is 1. The Labute approximate surface area is 232 Å². The third kappa shape index (κ3) is 6.02. The molecule has 4 aromatic rings. The maximum Gasteiger partial charge on any atom is 0.336 e. The number of carbonyl (C=O) groups excluding carboxylic acids is 1. The fourth-order valence-corrected chi connectivity index (χ4v) is 5.14. The standard InChI is InChI=1S/C32H29N3O5/c36-31(33-20-22-11-14-27(15-12-22)35(39)40)26-13-16-30-25(19-26)7-3-4-17-34(30)21-23-6-5-8-24(18-23)28-9-1-2-10-29(28)32(37)38/h1-2,5-6,8-16,18-19H,3-4,7,17,20-21H2,(H,33,36)(H,37,38). The lowest BCUT2D eigenvalue weighted by Crippen LogP contribution is -2.25. The van der Waals surface area contributed by atoms with Gasteiger partial charge in [-0.2, -0.15) is 0 Å². The van der Waals surface area contributed by atoms with Crippen LogP contribution >= 0.6 is 0 Å². The molecule has 1 amide bonds. The smallest absolute Gasteiger partial charge is 0.336 e. The number of carboxylic acids is 1. The van der Waals surface area contributed by atoms with Crippen LogP contribution in [0.5, 0.6) is 0 Å². The Morgan fingerprint density at radius 1 is 0.900 bits per heavy atom. The van der Waals surface area contributed by atoms with Crippen LogP contribution in [0.2, 0.25) is 0 Å². The first-order chi connectivity index (χ1) is 19.4. The molecule has 0 spiro atoms. The molecule has 0 bridgehead atoms. The highest BCUT2D eigenvalue weighted by Crippen LogP contribution is 2.30. The maximum atomic E-state index is 12.9. The van der Waals surface area contributed by atoms with Gasteiger partial charge in [0.05, 0.1) is 10.5 Å². The van der Waals surface area contributed by atoms with E-state index in [2.05, 4.69) is 16.3 Å². The fraction of sp³-hybridized carbons (Fsp3) is 0.188. The van der Waals surface area contributed by atoms with Crippen molar-refractivity contribution in [3.8, 4) is 11.1 Å². The molecule has 1 aliphatic heterocycles. The van der Waals surface area contributed by atoms with Crippen LogP contribution in [0.25, 0.3) is 11.1 Å². The van der Waals surface area contributed by atoms with Gasteiger partial charge < -0.3 is 15.3 Å². The Hall–Kier alpha value is -4.98. The fourth-order valence-electron chi connectivity index (χ4n) is 5.14. The summed E-state index contributed by atoms with van der Waals surface area (Å²) in [6.45, 7) is 1.83. The highest BCUT2D eigenvalue weighted by molar-refractivity contribution is 5.96. The van der Waals surface area contributed by atoms with Crippen molar-refractivity contribution in [3.05, 3.63) is 129 Å². The second-order valence-corrected chi connectivity index (χ2v) is 9.88. The molecule has 1 aliphatic rings. The lowest BCUT2D eigenvalue weighted by Gasteiger charge is -2.26. The molecule has 0 unspecified atom stereocenters. The number of benzene rings is 4. The van der Waals surface area contributed by atoms with Crippen molar-refractivity contribution in [2.75, 3.05) is 11.4 Å². The molecule has 2 N–H and O–H groups in total. The average Bonchev–Trinajstić information content (AvgIpc) is 3.17. The number of non-ortho nitro benzene ring substituents is 1. The van der Waals surface area contributed by atoms with Gasteiger partial charge in [0.25, 0.3) is 11.6 Å². The SMILES string of the molecule is O=C(NCc1ccc([N+](=O)[O-])cc1)c1ccc2c(c1)CCCCN2Cc1cccc(-c2ccccc2C(=O)O)c1. The Balaban J connectivity index is 1.31. The number of rotatable bonds is 8. The molecule has 0 aliphatic carbocycles. The van der Waals surface area contributed by atoms with E-state index >= 15 is 0 Å². The molecule has 0 saturated carbocycles. The van der Waals surface area contributed by atoms with Crippen LogP contribution in [0.3, 0.4) is 0 Å². The summed E-state index contributed by atoms with van der Waals surface area (Å²) in [5, 5.41) is 23.4. The van der Waals surface area contributed by atoms with Gasteiger partial charge in [-0.25, -0.2) is 4.79 Å². The number of anilines is 1. The number of nitrogens with one attached hydrogen (secondary N) is 1. The maximum absolute atomic E-state index is 12.9. The first-order valence-electron chi connectivity index (χ1n) is 13.2. The van der Waals surface area contributed by atoms with Gasteiger partial charge in [-0.15, -0.1) is 0 Å². The van der Waals surface area contributed by atoms with Crippen LogP contribution in [-0.2, 0) is 19.5 Å². The molecule has 5 rings (SSSR count). The van der Waals surface area contributed by atoms with E-state index in [1.807, 2.05) is 48.5 Å². The van der Waals surface area contributed by atoms with Crippen molar-refractivity contribution in [1.82, 2.24) is 5.32 Å². The van der Waals surface area contributed by atoms with E-state index in [1.165, 1.54) is 12.1 Å². The average molecular weight is 536 g/mol.